The second-order valence-electron chi connectivity index (χ2n) is 8.10. The van der Waals surface area contributed by atoms with Crippen molar-refractivity contribution in [3.8, 4) is 11.8 Å². The van der Waals surface area contributed by atoms with Crippen LogP contribution in [0.2, 0.25) is 0 Å². The van der Waals surface area contributed by atoms with Crippen molar-refractivity contribution < 1.29 is 13.9 Å². The van der Waals surface area contributed by atoms with E-state index in [4.69, 9.17) is 10.00 Å². The van der Waals surface area contributed by atoms with E-state index >= 15 is 0 Å². The summed E-state index contributed by atoms with van der Waals surface area (Å²) < 4.78 is 20.0. The molecule has 3 heterocycles. The molecule has 1 amide bonds. The molecule has 2 fully saturated rings. The standard InChI is InChI=1S/C23H26FN5O2/c1-3-16-13-26-23(27-14-16)28-7-4-18(5-8-28)29-9-6-20(22(29)30)31-21-10-15(2)17(12-25)11-19(21)24/h10-11,13-14,18,20H,3-9H2,1-2H3/t20-/m0/s1. The Morgan fingerprint density at radius 3 is 2.55 bits per heavy atom. The highest BCUT2D eigenvalue weighted by atomic mass is 19.1. The molecule has 4 rings (SSSR count). The molecule has 2 saturated heterocycles. The van der Waals surface area contributed by atoms with E-state index < -0.39 is 11.9 Å². The SMILES string of the molecule is CCc1cnc(N2CCC(N3CC[C@H](Oc4cc(C)c(C#N)cc4F)C3=O)CC2)nc1. The number of ether oxygens (including phenoxy) is 1. The predicted octanol–water partition coefficient (Wildman–Crippen LogP) is 3.01. The fourth-order valence-corrected chi connectivity index (χ4v) is 4.24. The van der Waals surface area contributed by atoms with Gasteiger partial charge in [0.25, 0.3) is 5.91 Å². The lowest BCUT2D eigenvalue weighted by Crippen LogP contribution is -2.47. The molecular weight excluding hydrogens is 397 g/mol. The van der Waals surface area contributed by atoms with Crippen LogP contribution >= 0.6 is 0 Å². The molecule has 0 aliphatic carbocycles. The molecule has 7 nitrogen and oxygen atoms in total. The maximum atomic E-state index is 14.3. The van der Waals surface area contributed by atoms with E-state index in [0.717, 1.165) is 49.9 Å². The Labute approximate surface area is 181 Å². The number of hydrogen-bond acceptors (Lipinski definition) is 6. The molecule has 0 N–H and O–H groups in total. The fraction of sp³-hybridized carbons (Fsp3) is 0.478. The van der Waals surface area contributed by atoms with Gasteiger partial charge in [-0.2, -0.15) is 5.26 Å². The topological polar surface area (TPSA) is 82.4 Å². The van der Waals surface area contributed by atoms with Crippen LogP contribution in [0.25, 0.3) is 0 Å². The summed E-state index contributed by atoms with van der Waals surface area (Å²) in [5.41, 5.74) is 2.01. The van der Waals surface area contributed by atoms with Gasteiger partial charge >= 0.3 is 0 Å². The maximum Gasteiger partial charge on any atom is 0.263 e. The molecule has 1 aromatic heterocycles. The summed E-state index contributed by atoms with van der Waals surface area (Å²) in [4.78, 5) is 25.9. The number of aromatic nitrogens is 2. The molecule has 2 aromatic rings. The van der Waals surface area contributed by atoms with Crippen LogP contribution < -0.4 is 9.64 Å². The molecular formula is C23H26FN5O2. The van der Waals surface area contributed by atoms with E-state index in [9.17, 15) is 9.18 Å². The van der Waals surface area contributed by atoms with Crippen LogP contribution in [0.1, 0.15) is 42.9 Å². The lowest BCUT2D eigenvalue weighted by atomic mass is 10.0. The number of anilines is 1. The van der Waals surface area contributed by atoms with Gasteiger partial charge in [-0.1, -0.05) is 6.92 Å². The molecule has 8 heteroatoms. The molecule has 2 aliphatic rings. The number of halogens is 1. The molecule has 2 aliphatic heterocycles. The van der Waals surface area contributed by atoms with E-state index in [0.29, 0.717) is 18.5 Å². The Bertz CT molecular complexity index is 996. The van der Waals surface area contributed by atoms with Crippen LogP contribution in [-0.2, 0) is 11.2 Å². The third kappa shape index (κ3) is 4.31. The van der Waals surface area contributed by atoms with Gasteiger partial charge in [0, 0.05) is 44.5 Å². The number of nitriles is 1. The van der Waals surface area contributed by atoms with Crippen molar-refractivity contribution in [2.45, 2.75) is 51.7 Å². The third-order valence-electron chi connectivity index (χ3n) is 6.15. The molecule has 0 saturated carbocycles. The van der Waals surface area contributed by atoms with Gasteiger partial charge < -0.3 is 14.5 Å². The van der Waals surface area contributed by atoms with E-state index in [1.165, 1.54) is 6.07 Å². The average molecular weight is 423 g/mol. The van der Waals surface area contributed by atoms with Crippen LogP contribution in [0.4, 0.5) is 10.3 Å². The molecule has 0 spiro atoms. The molecule has 0 bridgehead atoms. The third-order valence-corrected chi connectivity index (χ3v) is 6.15. The number of likely N-dealkylation sites (tertiary alicyclic amines) is 1. The monoisotopic (exact) mass is 423 g/mol. The Balaban J connectivity index is 1.35. The van der Waals surface area contributed by atoms with Crippen molar-refractivity contribution in [2.75, 3.05) is 24.5 Å². The number of amides is 1. The van der Waals surface area contributed by atoms with E-state index in [1.54, 1.807) is 6.92 Å². The molecule has 0 radical (unpaired) electrons. The zero-order chi connectivity index (χ0) is 22.0. The lowest BCUT2D eigenvalue weighted by Gasteiger charge is -2.36. The highest BCUT2D eigenvalue weighted by Gasteiger charge is 2.39. The van der Waals surface area contributed by atoms with Crippen molar-refractivity contribution in [3.05, 3.63) is 47.0 Å². The number of aryl methyl sites for hydroxylation is 2. The van der Waals surface area contributed by atoms with Crippen molar-refractivity contribution >= 4 is 11.9 Å². The number of carbonyl (C=O) groups excluding carboxylic acids is 1. The van der Waals surface area contributed by atoms with Crippen LogP contribution in [0, 0.1) is 24.1 Å². The highest BCUT2D eigenvalue weighted by Crippen LogP contribution is 2.28. The minimum atomic E-state index is -0.690. The first-order valence-corrected chi connectivity index (χ1v) is 10.7. The van der Waals surface area contributed by atoms with E-state index in [2.05, 4.69) is 21.8 Å². The lowest BCUT2D eigenvalue weighted by molar-refractivity contribution is -0.135. The van der Waals surface area contributed by atoms with Gasteiger partial charge in [0.2, 0.25) is 5.95 Å². The zero-order valence-corrected chi connectivity index (χ0v) is 17.8. The Kier molecular flexibility index (Phi) is 6.03. The van der Waals surface area contributed by atoms with E-state index in [-0.39, 0.29) is 23.3 Å². The summed E-state index contributed by atoms with van der Waals surface area (Å²) in [6, 6.07) is 4.74. The summed E-state index contributed by atoms with van der Waals surface area (Å²) in [6.07, 6.45) is 6.15. The molecule has 1 atom stereocenters. The summed E-state index contributed by atoms with van der Waals surface area (Å²) in [7, 11) is 0. The number of nitrogens with zero attached hydrogens (tertiary/aromatic N) is 5. The largest absolute Gasteiger partial charge is 0.477 e. The van der Waals surface area contributed by atoms with Gasteiger partial charge in [0.05, 0.1) is 11.6 Å². The van der Waals surface area contributed by atoms with E-state index in [1.807, 2.05) is 23.4 Å². The first kappa shape index (κ1) is 21.0. The van der Waals surface area contributed by atoms with Crippen molar-refractivity contribution in [1.82, 2.24) is 14.9 Å². The first-order chi connectivity index (χ1) is 15.0. The summed E-state index contributed by atoms with van der Waals surface area (Å²) in [6.45, 7) is 5.97. The number of piperidine rings is 1. The minimum Gasteiger partial charge on any atom is -0.477 e. The summed E-state index contributed by atoms with van der Waals surface area (Å²) in [5, 5.41) is 9.02. The van der Waals surface area contributed by atoms with Crippen LogP contribution in [0.15, 0.2) is 24.5 Å². The van der Waals surface area contributed by atoms with Crippen LogP contribution in [-0.4, -0.2) is 52.6 Å². The molecule has 0 unspecified atom stereocenters. The predicted molar refractivity (Wildman–Crippen MR) is 113 cm³/mol. The smallest absolute Gasteiger partial charge is 0.263 e. The van der Waals surface area contributed by atoms with Gasteiger partial charge in [0.1, 0.15) is 0 Å². The van der Waals surface area contributed by atoms with Crippen molar-refractivity contribution in [1.29, 1.82) is 5.26 Å². The average Bonchev–Trinajstić information content (AvgIpc) is 3.16. The molecule has 162 valence electrons. The summed E-state index contributed by atoms with van der Waals surface area (Å²) >= 11 is 0. The second kappa shape index (κ2) is 8.88. The highest BCUT2D eigenvalue weighted by molar-refractivity contribution is 5.83. The molecule has 1 aromatic carbocycles. The number of benzene rings is 1. The Morgan fingerprint density at radius 1 is 1.19 bits per heavy atom. The van der Waals surface area contributed by atoms with Crippen molar-refractivity contribution in [3.63, 3.8) is 0 Å². The fourth-order valence-electron chi connectivity index (χ4n) is 4.24. The Hall–Kier alpha value is -3.21. The van der Waals surface area contributed by atoms with Gasteiger partial charge in [-0.25, -0.2) is 14.4 Å². The normalized spacial score (nSPS) is 19.5. The van der Waals surface area contributed by atoms with Crippen molar-refractivity contribution in [2.24, 2.45) is 0 Å². The second-order valence-corrected chi connectivity index (χ2v) is 8.10. The quantitative estimate of drug-likeness (QED) is 0.735. The van der Waals surface area contributed by atoms with Crippen LogP contribution in [0.5, 0.6) is 5.75 Å². The van der Waals surface area contributed by atoms with Gasteiger partial charge in [0.15, 0.2) is 17.7 Å². The minimum absolute atomic E-state index is 0.0270. The summed E-state index contributed by atoms with van der Waals surface area (Å²) in [5.74, 6) is 0.0506. The number of carbonyl (C=O) groups is 1. The zero-order valence-electron chi connectivity index (χ0n) is 17.8. The number of rotatable bonds is 5. The maximum absolute atomic E-state index is 14.3. The first-order valence-electron chi connectivity index (χ1n) is 10.7. The Morgan fingerprint density at radius 2 is 1.90 bits per heavy atom. The van der Waals surface area contributed by atoms with Crippen LogP contribution in [0.3, 0.4) is 0 Å². The van der Waals surface area contributed by atoms with Gasteiger partial charge in [-0.05, 0) is 49.4 Å². The van der Waals surface area contributed by atoms with Gasteiger partial charge in [-0.15, -0.1) is 0 Å². The number of hydrogen-bond donors (Lipinski definition) is 0. The van der Waals surface area contributed by atoms with Gasteiger partial charge in [-0.3, -0.25) is 4.79 Å². The molecule has 31 heavy (non-hydrogen) atoms.